The molecule has 0 aliphatic heterocycles. The average molecular weight is 349 g/mol. The van der Waals surface area contributed by atoms with Crippen LogP contribution in [-0.4, -0.2) is 35.9 Å². The third kappa shape index (κ3) is 3.68. The van der Waals surface area contributed by atoms with Crippen LogP contribution in [0.3, 0.4) is 0 Å². The summed E-state index contributed by atoms with van der Waals surface area (Å²) in [4.78, 5) is 4.02. The van der Waals surface area contributed by atoms with Crippen LogP contribution in [0.4, 0.5) is 0 Å². The van der Waals surface area contributed by atoms with Crippen LogP contribution in [0.15, 0.2) is 43.0 Å². The Morgan fingerprint density at radius 1 is 1.33 bits per heavy atom. The van der Waals surface area contributed by atoms with Crippen molar-refractivity contribution in [3.8, 4) is 5.69 Å². The fourth-order valence-electron chi connectivity index (χ4n) is 2.90. The SMILES string of the molecule is CCOC1CC(S(=O)(=O)N[C@@H](C)c2ccc(-n3ccnc3)cc2)C1. The molecule has 1 aromatic carbocycles. The molecule has 1 aliphatic rings. The summed E-state index contributed by atoms with van der Waals surface area (Å²) in [6, 6.07) is 7.52. The molecule has 7 heteroatoms. The predicted octanol–water partition coefficient (Wildman–Crippen LogP) is 2.42. The number of hydrogen-bond donors (Lipinski definition) is 1. The van der Waals surface area contributed by atoms with Crippen molar-refractivity contribution in [2.75, 3.05) is 6.61 Å². The largest absolute Gasteiger partial charge is 0.378 e. The molecule has 0 bridgehead atoms. The average Bonchev–Trinajstić information content (AvgIpc) is 3.04. The zero-order chi connectivity index (χ0) is 17.2. The molecule has 6 nitrogen and oxygen atoms in total. The molecule has 3 rings (SSSR count). The van der Waals surface area contributed by atoms with Crippen molar-refractivity contribution in [1.29, 1.82) is 0 Å². The molecule has 24 heavy (non-hydrogen) atoms. The fraction of sp³-hybridized carbons (Fsp3) is 0.471. The van der Waals surface area contributed by atoms with Crippen molar-refractivity contribution < 1.29 is 13.2 Å². The quantitative estimate of drug-likeness (QED) is 0.833. The van der Waals surface area contributed by atoms with E-state index in [9.17, 15) is 8.42 Å². The molecule has 1 fully saturated rings. The topological polar surface area (TPSA) is 73.2 Å². The summed E-state index contributed by atoms with van der Waals surface area (Å²) in [6.07, 6.45) is 6.56. The van der Waals surface area contributed by atoms with Gasteiger partial charge in [0, 0.05) is 30.7 Å². The number of sulfonamides is 1. The van der Waals surface area contributed by atoms with Crippen molar-refractivity contribution >= 4 is 10.0 Å². The Bertz CT molecular complexity index is 751. The van der Waals surface area contributed by atoms with Gasteiger partial charge in [0.1, 0.15) is 0 Å². The van der Waals surface area contributed by atoms with Gasteiger partial charge in [0.25, 0.3) is 0 Å². The second kappa shape index (κ2) is 7.04. The Morgan fingerprint density at radius 2 is 2.04 bits per heavy atom. The molecule has 1 atom stereocenters. The van der Waals surface area contributed by atoms with Crippen molar-refractivity contribution in [3.63, 3.8) is 0 Å². The minimum atomic E-state index is -3.32. The Hall–Kier alpha value is -1.70. The Morgan fingerprint density at radius 3 is 2.62 bits per heavy atom. The van der Waals surface area contributed by atoms with Gasteiger partial charge in [0.2, 0.25) is 10.0 Å². The summed E-state index contributed by atoms with van der Waals surface area (Å²) in [5.41, 5.74) is 1.92. The first-order chi connectivity index (χ1) is 11.5. The van der Waals surface area contributed by atoms with E-state index in [1.54, 1.807) is 12.5 Å². The van der Waals surface area contributed by atoms with Crippen LogP contribution in [0, 0.1) is 0 Å². The van der Waals surface area contributed by atoms with Crippen LogP contribution in [0.25, 0.3) is 5.69 Å². The van der Waals surface area contributed by atoms with E-state index < -0.39 is 10.0 Å². The lowest BCUT2D eigenvalue weighted by atomic mass is 9.95. The zero-order valence-electron chi connectivity index (χ0n) is 13.9. The van der Waals surface area contributed by atoms with E-state index >= 15 is 0 Å². The summed E-state index contributed by atoms with van der Waals surface area (Å²) in [5.74, 6) is 0. The first kappa shape index (κ1) is 17.1. The highest BCUT2D eigenvalue weighted by Gasteiger charge is 2.39. The third-order valence-electron chi connectivity index (χ3n) is 4.43. The number of hydrogen-bond acceptors (Lipinski definition) is 4. The molecule has 0 amide bonds. The standard InChI is InChI=1S/C17H23N3O3S/c1-3-23-16-10-17(11-16)24(21,22)19-13(2)14-4-6-15(7-5-14)20-9-8-18-12-20/h4-9,12-13,16-17,19H,3,10-11H2,1-2H3/t13-,16?,17?/m0/s1. The number of benzene rings is 1. The van der Waals surface area contributed by atoms with Crippen molar-refractivity contribution in [2.45, 2.75) is 44.1 Å². The third-order valence-corrected chi connectivity index (χ3v) is 6.37. The molecule has 1 saturated carbocycles. The van der Waals surface area contributed by atoms with E-state index in [4.69, 9.17) is 4.74 Å². The highest BCUT2D eigenvalue weighted by molar-refractivity contribution is 7.90. The maximum absolute atomic E-state index is 12.4. The van der Waals surface area contributed by atoms with Gasteiger partial charge in [-0.05, 0) is 44.4 Å². The Labute approximate surface area is 142 Å². The summed E-state index contributed by atoms with van der Waals surface area (Å²) in [6.45, 7) is 4.42. The van der Waals surface area contributed by atoms with Gasteiger partial charge in [-0.1, -0.05) is 12.1 Å². The van der Waals surface area contributed by atoms with E-state index in [0.717, 1.165) is 11.3 Å². The van der Waals surface area contributed by atoms with Gasteiger partial charge in [-0.25, -0.2) is 18.1 Å². The van der Waals surface area contributed by atoms with Crippen LogP contribution >= 0.6 is 0 Å². The van der Waals surface area contributed by atoms with Gasteiger partial charge in [-0.15, -0.1) is 0 Å². The van der Waals surface area contributed by atoms with Gasteiger partial charge in [0.15, 0.2) is 0 Å². The van der Waals surface area contributed by atoms with Crippen molar-refractivity contribution in [1.82, 2.24) is 14.3 Å². The van der Waals surface area contributed by atoms with E-state index in [1.807, 2.05) is 48.9 Å². The second-order valence-corrected chi connectivity index (χ2v) is 8.11. The second-order valence-electron chi connectivity index (χ2n) is 6.12. The number of aromatic nitrogens is 2. The molecule has 1 N–H and O–H groups in total. The molecular formula is C17H23N3O3S. The molecule has 0 saturated heterocycles. The monoisotopic (exact) mass is 349 g/mol. The van der Waals surface area contributed by atoms with Gasteiger partial charge < -0.3 is 9.30 Å². The first-order valence-corrected chi connectivity index (χ1v) is 9.75. The van der Waals surface area contributed by atoms with Gasteiger partial charge >= 0.3 is 0 Å². The zero-order valence-corrected chi connectivity index (χ0v) is 14.7. The number of imidazole rings is 1. The molecule has 0 radical (unpaired) electrons. The molecular weight excluding hydrogens is 326 g/mol. The predicted molar refractivity (Wildman–Crippen MR) is 92.5 cm³/mol. The highest BCUT2D eigenvalue weighted by atomic mass is 32.2. The lowest BCUT2D eigenvalue weighted by molar-refractivity contribution is 0.0119. The van der Waals surface area contributed by atoms with Gasteiger partial charge in [0.05, 0.1) is 17.7 Å². The molecule has 2 aromatic rings. The van der Waals surface area contributed by atoms with Crippen LogP contribution in [0.5, 0.6) is 0 Å². The van der Waals surface area contributed by atoms with Gasteiger partial charge in [-0.3, -0.25) is 0 Å². The van der Waals surface area contributed by atoms with Crippen molar-refractivity contribution in [3.05, 3.63) is 48.5 Å². The van der Waals surface area contributed by atoms with Gasteiger partial charge in [-0.2, -0.15) is 0 Å². The highest BCUT2D eigenvalue weighted by Crippen LogP contribution is 2.30. The Kier molecular flexibility index (Phi) is 5.03. The molecule has 1 heterocycles. The molecule has 0 unspecified atom stereocenters. The summed E-state index contributed by atoms with van der Waals surface area (Å²) >= 11 is 0. The van der Waals surface area contributed by atoms with Crippen LogP contribution in [0.1, 0.15) is 38.3 Å². The molecule has 0 spiro atoms. The lowest BCUT2D eigenvalue weighted by Gasteiger charge is -2.35. The Balaban J connectivity index is 1.61. The summed E-state index contributed by atoms with van der Waals surface area (Å²) in [7, 11) is -3.32. The summed E-state index contributed by atoms with van der Waals surface area (Å²) < 4.78 is 35.0. The van der Waals surface area contributed by atoms with E-state index in [1.165, 1.54) is 0 Å². The molecule has 1 aromatic heterocycles. The van der Waals surface area contributed by atoms with E-state index in [2.05, 4.69) is 9.71 Å². The van der Waals surface area contributed by atoms with Crippen LogP contribution in [-0.2, 0) is 14.8 Å². The van der Waals surface area contributed by atoms with E-state index in [0.29, 0.717) is 19.4 Å². The van der Waals surface area contributed by atoms with Crippen LogP contribution in [0.2, 0.25) is 0 Å². The molecule has 130 valence electrons. The van der Waals surface area contributed by atoms with Crippen molar-refractivity contribution in [2.24, 2.45) is 0 Å². The summed E-state index contributed by atoms with van der Waals surface area (Å²) in [5, 5.41) is -0.346. The van der Waals surface area contributed by atoms with Crippen LogP contribution < -0.4 is 4.72 Å². The number of nitrogens with zero attached hydrogens (tertiary/aromatic N) is 2. The minimum Gasteiger partial charge on any atom is -0.378 e. The lowest BCUT2D eigenvalue weighted by Crippen LogP contribution is -2.46. The van der Waals surface area contributed by atoms with E-state index in [-0.39, 0.29) is 17.4 Å². The number of ether oxygens (including phenoxy) is 1. The molecule has 1 aliphatic carbocycles. The number of nitrogens with one attached hydrogen (secondary N) is 1. The maximum Gasteiger partial charge on any atom is 0.215 e. The first-order valence-electron chi connectivity index (χ1n) is 8.20. The number of rotatable bonds is 7. The minimum absolute atomic E-state index is 0.0846. The fourth-order valence-corrected chi connectivity index (χ4v) is 4.66. The normalized spacial score (nSPS) is 22.1. The smallest absolute Gasteiger partial charge is 0.215 e. The maximum atomic E-state index is 12.4.